The maximum Gasteiger partial charge on any atom is 0.143 e. The summed E-state index contributed by atoms with van der Waals surface area (Å²) in [7, 11) is 0. The van der Waals surface area contributed by atoms with Crippen LogP contribution in [0.5, 0.6) is 0 Å². The van der Waals surface area contributed by atoms with Gasteiger partial charge in [-0.15, -0.1) is 0 Å². The number of hydrogen-bond donors (Lipinski definition) is 0. The highest BCUT2D eigenvalue weighted by atomic mass is 16.3. The standard InChI is InChI=1S/C40H24O/c1-2-11-27-23-28(18-17-25(27)9-1)38-32-13-5-7-15-34(32)39(35-16-8-6-14-33(35)38)29-20-21-31-36-22-19-26-10-3-4-12-30(26)40(36)41-37(31)24-29/h1-24H/i1D,2D,3D,4D,9D,10D,11D,12D,17D,18D,19D,20D,21D,22D,23D,24D. The van der Waals surface area contributed by atoms with E-state index >= 15 is 0 Å². The lowest BCUT2D eigenvalue weighted by Gasteiger charge is -2.18. The van der Waals surface area contributed by atoms with Crippen LogP contribution >= 0.6 is 0 Å². The number of furan rings is 1. The normalized spacial score (nSPS) is 17.4. The average Bonchev–Trinajstić information content (AvgIpc) is 3.61. The molecule has 0 atom stereocenters. The van der Waals surface area contributed by atoms with E-state index in [1.54, 1.807) is 48.5 Å². The lowest BCUT2D eigenvalue weighted by molar-refractivity contribution is 0.673. The topological polar surface area (TPSA) is 13.1 Å². The van der Waals surface area contributed by atoms with E-state index in [4.69, 9.17) is 20.9 Å². The first-order chi connectivity index (χ1) is 27.0. The Hall–Kier alpha value is -5.40. The van der Waals surface area contributed by atoms with Gasteiger partial charge in [0, 0.05) is 16.2 Å². The molecule has 0 bridgehead atoms. The maximum atomic E-state index is 9.57. The Bertz CT molecular complexity index is 3310. The van der Waals surface area contributed by atoms with E-state index in [-0.39, 0.29) is 66.7 Å². The number of hydrogen-bond acceptors (Lipinski definition) is 1. The molecule has 190 valence electrons. The monoisotopic (exact) mass is 536 g/mol. The molecule has 1 aromatic heterocycles. The second-order valence-corrected chi connectivity index (χ2v) is 9.60. The van der Waals surface area contributed by atoms with Gasteiger partial charge in [0.1, 0.15) is 11.2 Å². The second kappa shape index (κ2) is 8.55. The van der Waals surface area contributed by atoms with Gasteiger partial charge in [0.05, 0.1) is 21.9 Å². The fourth-order valence-corrected chi connectivity index (χ4v) is 5.60. The lowest BCUT2D eigenvalue weighted by atomic mass is 9.85. The average molecular weight is 537 g/mol. The van der Waals surface area contributed by atoms with Crippen LogP contribution in [-0.2, 0) is 0 Å². The van der Waals surface area contributed by atoms with Crippen molar-refractivity contribution < 1.29 is 26.3 Å². The van der Waals surface area contributed by atoms with Crippen molar-refractivity contribution in [2.24, 2.45) is 0 Å². The molecule has 9 aromatic rings. The van der Waals surface area contributed by atoms with Crippen LogP contribution in [0.3, 0.4) is 0 Å². The van der Waals surface area contributed by atoms with Gasteiger partial charge in [-0.05, 0) is 84.1 Å². The van der Waals surface area contributed by atoms with Crippen LogP contribution in [0, 0.1) is 0 Å². The zero-order valence-corrected chi connectivity index (χ0v) is 21.0. The number of rotatable bonds is 2. The minimum atomic E-state index is -0.599. The Morgan fingerprint density at radius 2 is 0.951 bits per heavy atom. The van der Waals surface area contributed by atoms with Gasteiger partial charge in [0.2, 0.25) is 0 Å². The fourth-order valence-electron chi connectivity index (χ4n) is 5.60. The predicted molar refractivity (Wildman–Crippen MR) is 175 cm³/mol. The molecule has 8 aromatic carbocycles. The first kappa shape index (κ1) is 12.0. The second-order valence-electron chi connectivity index (χ2n) is 9.60. The lowest BCUT2D eigenvalue weighted by Crippen LogP contribution is -1.90. The number of benzene rings is 8. The summed E-state index contributed by atoms with van der Waals surface area (Å²) in [4.78, 5) is 0. The molecule has 41 heavy (non-hydrogen) atoms. The summed E-state index contributed by atoms with van der Waals surface area (Å²) in [6.07, 6.45) is 0. The van der Waals surface area contributed by atoms with Crippen molar-refractivity contribution in [2.45, 2.75) is 0 Å². The van der Waals surface area contributed by atoms with Gasteiger partial charge in [-0.25, -0.2) is 0 Å². The summed E-state index contributed by atoms with van der Waals surface area (Å²) >= 11 is 0. The third-order valence-corrected chi connectivity index (χ3v) is 7.37. The molecule has 9 rings (SSSR count). The van der Waals surface area contributed by atoms with E-state index in [2.05, 4.69) is 0 Å². The van der Waals surface area contributed by atoms with Crippen molar-refractivity contribution in [2.75, 3.05) is 0 Å². The Morgan fingerprint density at radius 3 is 1.66 bits per heavy atom. The Kier molecular flexibility index (Phi) is 2.50. The molecule has 0 unspecified atom stereocenters. The van der Waals surface area contributed by atoms with Crippen LogP contribution in [-0.4, -0.2) is 0 Å². The molecule has 0 radical (unpaired) electrons. The Labute approximate surface area is 259 Å². The third kappa shape index (κ3) is 3.30. The van der Waals surface area contributed by atoms with Gasteiger partial charge in [-0.3, -0.25) is 0 Å². The van der Waals surface area contributed by atoms with Gasteiger partial charge >= 0.3 is 0 Å². The summed E-state index contributed by atoms with van der Waals surface area (Å²) < 4.78 is 147. The van der Waals surface area contributed by atoms with Gasteiger partial charge in [0.15, 0.2) is 0 Å². The van der Waals surface area contributed by atoms with Crippen molar-refractivity contribution in [3.63, 3.8) is 0 Å². The molecule has 0 spiro atoms. The molecule has 0 aliphatic carbocycles. The highest BCUT2D eigenvalue weighted by molar-refractivity contribution is 6.22. The first-order valence-electron chi connectivity index (χ1n) is 20.8. The van der Waals surface area contributed by atoms with Crippen molar-refractivity contribution in [1.29, 1.82) is 0 Å². The Balaban J connectivity index is 1.46. The van der Waals surface area contributed by atoms with Gasteiger partial charge in [-0.2, -0.15) is 0 Å². The zero-order chi connectivity index (χ0) is 40.8. The van der Waals surface area contributed by atoms with E-state index in [0.717, 1.165) is 0 Å². The van der Waals surface area contributed by atoms with Crippen molar-refractivity contribution in [1.82, 2.24) is 0 Å². The minimum Gasteiger partial charge on any atom is -0.455 e. The van der Waals surface area contributed by atoms with E-state index in [1.807, 2.05) is 0 Å². The van der Waals surface area contributed by atoms with Crippen molar-refractivity contribution >= 4 is 65.0 Å². The van der Waals surface area contributed by atoms with E-state index in [1.165, 1.54) is 0 Å². The van der Waals surface area contributed by atoms with Crippen LogP contribution in [0.4, 0.5) is 0 Å². The van der Waals surface area contributed by atoms with Crippen LogP contribution in [0.1, 0.15) is 21.9 Å². The van der Waals surface area contributed by atoms with Crippen LogP contribution in [0.25, 0.3) is 87.3 Å². The summed E-state index contributed by atoms with van der Waals surface area (Å²) in [6, 6.07) is 5.54. The quantitative estimate of drug-likeness (QED) is 0.200. The fraction of sp³-hybridized carbons (Fsp3) is 0. The molecule has 0 fully saturated rings. The molecule has 0 amide bonds. The predicted octanol–water partition coefficient (Wildman–Crippen LogP) is 11.5. The minimum absolute atomic E-state index is 0.0552. The van der Waals surface area contributed by atoms with Crippen LogP contribution in [0.2, 0.25) is 0 Å². The molecule has 0 N–H and O–H groups in total. The molecular formula is C40H24O. The number of fused-ring (bicyclic) bond motifs is 8. The molecule has 0 saturated carbocycles. The van der Waals surface area contributed by atoms with E-state index in [9.17, 15) is 5.48 Å². The first-order valence-corrected chi connectivity index (χ1v) is 12.8. The van der Waals surface area contributed by atoms with Crippen LogP contribution in [0.15, 0.2) is 150 Å². The summed E-state index contributed by atoms with van der Waals surface area (Å²) in [5, 5.41) is 0.480. The summed E-state index contributed by atoms with van der Waals surface area (Å²) in [5.74, 6) is 0. The molecule has 1 heteroatoms. The zero-order valence-electron chi connectivity index (χ0n) is 37.0. The molecule has 1 nitrogen and oxygen atoms in total. The Morgan fingerprint density at radius 1 is 0.415 bits per heavy atom. The summed E-state index contributed by atoms with van der Waals surface area (Å²) in [6.45, 7) is 0. The van der Waals surface area contributed by atoms with Crippen LogP contribution < -0.4 is 0 Å². The summed E-state index contributed by atoms with van der Waals surface area (Å²) in [5.41, 5.74) is 0.0351. The van der Waals surface area contributed by atoms with Gasteiger partial charge in [0.25, 0.3) is 0 Å². The van der Waals surface area contributed by atoms with Gasteiger partial charge in [-0.1, -0.05) is 121 Å². The van der Waals surface area contributed by atoms with E-state index in [0.29, 0.717) is 32.7 Å². The third-order valence-electron chi connectivity index (χ3n) is 7.37. The SMILES string of the molecule is [2H]c1c([2H])c([2H])c2c([2H])c(-c3c4ccccc4c(-c4c([2H])c([2H])c5c(oc6c7c([2H])c([2H])c([2H])c([2H])c7c([2H])c([2H])c65)c4[2H])c4ccccc34)c([2H])c([2H])c2c1[2H]. The molecule has 0 saturated heterocycles. The molecule has 0 aliphatic heterocycles. The largest absolute Gasteiger partial charge is 0.455 e. The molecule has 0 aliphatic rings. The highest BCUT2D eigenvalue weighted by Crippen LogP contribution is 2.45. The smallest absolute Gasteiger partial charge is 0.143 e. The highest BCUT2D eigenvalue weighted by Gasteiger charge is 2.18. The maximum absolute atomic E-state index is 9.57. The van der Waals surface area contributed by atoms with Gasteiger partial charge < -0.3 is 4.42 Å². The molecule has 1 heterocycles. The van der Waals surface area contributed by atoms with Crippen molar-refractivity contribution in [3.05, 3.63) is 145 Å². The van der Waals surface area contributed by atoms with Crippen molar-refractivity contribution in [3.8, 4) is 22.3 Å². The van der Waals surface area contributed by atoms with E-state index < -0.39 is 84.6 Å². The molecular weight excluding hydrogens is 496 g/mol.